The summed E-state index contributed by atoms with van der Waals surface area (Å²) < 4.78 is 20.0. The zero-order valence-corrected chi connectivity index (χ0v) is 16.5. The Balaban J connectivity index is 1.87. The average Bonchev–Trinajstić information content (AvgIpc) is 3.40. The minimum absolute atomic E-state index is 0.0269. The molecule has 1 aromatic heterocycles. The molecule has 8 heteroatoms. The van der Waals surface area contributed by atoms with Gasteiger partial charge in [0.2, 0.25) is 0 Å². The quantitative estimate of drug-likeness (QED) is 0.475. The van der Waals surface area contributed by atoms with Crippen molar-refractivity contribution < 1.29 is 9.13 Å². The van der Waals surface area contributed by atoms with Gasteiger partial charge in [0.15, 0.2) is 11.6 Å². The molecule has 3 rings (SSSR count). The fourth-order valence-corrected chi connectivity index (χ4v) is 2.81. The van der Waals surface area contributed by atoms with E-state index in [0.29, 0.717) is 23.6 Å². The fraction of sp³-hybridized carbons (Fsp3) is 0.450. The number of nitrogen functional groups attached to an aromatic ring is 1. The third-order valence-electron chi connectivity index (χ3n) is 5.02. The number of ether oxygens (including phenoxy) is 1. The number of benzene rings is 1. The van der Waals surface area contributed by atoms with E-state index in [2.05, 4.69) is 9.97 Å². The summed E-state index contributed by atoms with van der Waals surface area (Å²) in [6, 6.07) is 4.41. The minimum atomic E-state index is -0.529. The van der Waals surface area contributed by atoms with Crippen LogP contribution in [0.3, 0.4) is 0 Å². The Labute approximate surface area is 164 Å². The van der Waals surface area contributed by atoms with Crippen molar-refractivity contribution in [1.82, 2.24) is 9.97 Å². The lowest BCUT2D eigenvalue weighted by Crippen LogP contribution is -2.35. The van der Waals surface area contributed by atoms with Gasteiger partial charge in [0.25, 0.3) is 0 Å². The number of likely N-dealkylation sites (N-methyl/N-ethyl adjacent to an activating group) is 1. The van der Waals surface area contributed by atoms with Crippen molar-refractivity contribution in [3.8, 4) is 5.75 Å². The first-order chi connectivity index (χ1) is 13.2. The normalized spacial score (nSPS) is 15.8. The summed E-state index contributed by atoms with van der Waals surface area (Å²) >= 11 is 0. The lowest BCUT2D eigenvalue weighted by molar-refractivity contribution is 0.191. The Morgan fingerprint density at radius 3 is 2.71 bits per heavy atom. The number of rotatable bonds is 8. The average molecular weight is 386 g/mol. The molecule has 0 bridgehead atoms. The van der Waals surface area contributed by atoms with Crippen molar-refractivity contribution in [2.45, 2.75) is 44.8 Å². The maximum Gasteiger partial charge on any atom is 0.167 e. The number of hydrogen-bond donors (Lipinski definition) is 3. The lowest BCUT2D eigenvalue weighted by Gasteiger charge is -2.22. The number of aromatic nitrogens is 2. The molecule has 5 N–H and O–H groups in total. The summed E-state index contributed by atoms with van der Waals surface area (Å²) in [5, 5.41) is 8.55. The lowest BCUT2D eigenvalue weighted by atomic mass is 10.0. The molecule has 1 unspecified atom stereocenters. The van der Waals surface area contributed by atoms with Crippen LogP contribution in [0.5, 0.6) is 5.75 Å². The Hall–Kier alpha value is -2.74. The SMILES string of the molecule is CCC(N)CN(C)c1cc(C(=N)c2cc(OC3(C)CC3)c(F)cc2N)ncn1. The first-order valence-electron chi connectivity index (χ1n) is 9.38. The largest absolute Gasteiger partial charge is 0.484 e. The van der Waals surface area contributed by atoms with Crippen LogP contribution in [0.25, 0.3) is 0 Å². The molecule has 1 atom stereocenters. The number of nitrogens with two attached hydrogens (primary N) is 2. The second kappa shape index (κ2) is 7.71. The first kappa shape index (κ1) is 20.0. The highest BCUT2D eigenvalue weighted by molar-refractivity contribution is 6.13. The Morgan fingerprint density at radius 2 is 2.07 bits per heavy atom. The zero-order valence-electron chi connectivity index (χ0n) is 16.5. The van der Waals surface area contributed by atoms with Gasteiger partial charge >= 0.3 is 0 Å². The molecule has 1 aliphatic rings. The molecule has 0 aliphatic heterocycles. The van der Waals surface area contributed by atoms with Crippen molar-refractivity contribution >= 4 is 17.2 Å². The van der Waals surface area contributed by atoms with Gasteiger partial charge in [-0.05, 0) is 32.3 Å². The molecule has 28 heavy (non-hydrogen) atoms. The summed E-state index contributed by atoms with van der Waals surface area (Å²) in [4.78, 5) is 10.4. The number of hydrogen-bond acceptors (Lipinski definition) is 7. The van der Waals surface area contributed by atoms with E-state index in [1.807, 2.05) is 25.8 Å². The maximum absolute atomic E-state index is 14.3. The Kier molecular flexibility index (Phi) is 5.51. The van der Waals surface area contributed by atoms with E-state index in [4.69, 9.17) is 21.6 Å². The molecule has 0 amide bonds. The molecule has 0 saturated heterocycles. The van der Waals surface area contributed by atoms with Crippen LogP contribution in [0, 0.1) is 11.2 Å². The van der Waals surface area contributed by atoms with E-state index in [-0.39, 0.29) is 28.8 Å². The van der Waals surface area contributed by atoms with Crippen molar-refractivity contribution in [1.29, 1.82) is 5.41 Å². The van der Waals surface area contributed by atoms with Gasteiger partial charge in [-0.1, -0.05) is 6.92 Å². The van der Waals surface area contributed by atoms with E-state index in [1.54, 1.807) is 6.07 Å². The van der Waals surface area contributed by atoms with Gasteiger partial charge in [-0.2, -0.15) is 0 Å². The van der Waals surface area contributed by atoms with Gasteiger partial charge in [-0.3, -0.25) is 5.41 Å². The van der Waals surface area contributed by atoms with Gasteiger partial charge in [-0.25, -0.2) is 14.4 Å². The predicted octanol–water partition coefficient (Wildman–Crippen LogP) is 2.72. The van der Waals surface area contributed by atoms with E-state index in [1.165, 1.54) is 18.5 Å². The number of anilines is 2. The van der Waals surface area contributed by atoms with Crippen LogP contribution in [-0.4, -0.2) is 40.9 Å². The Bertz CT molecular complexity index is 883. The predicted molar refractivity (Wildman–Crippen MR) is 109 cm³/mol. The highest BCUT2D eigenvalue weighted by Gasteiger charge is 2.40. The second-order valence-corrected chi connectivity index (χ2v) is 7.61. The molecule has 2 aromatic rings. The monoisotopic (exact) mass is 386 g/mol. The third-order valence-corrected chi connectivity index (χ3v) is 5.02. The summed E-state index contributed by atoms with van der Waals surface area (Å²) in [6.45, 7) is 4.59. The van der Waals surface area contributed by atoms with Gasteiger partial charge in [0.1, 0.15) is 17.7 Å². The topological polar surface area (TPSA) is 114 Å². The fourth-order valence-electron chi connectivity index (χ4n) is 2.81. The van der Waals surface area contributed by atoms with Crippen LogP contribution >= 0.6 is 0 Å². The van der Waals surface area contributed by atoms with Crippen LogP contribution in [0.15, 0.2) is 24.5 Å². The van der Waals surface area contributed by atoms with Gasteiger partial charge in [-0.15, -0.1) is 0 Å². The third kappa shape index (κ3) is 4.39. The van der Waals surface area contributed by atoms with Crippen molar-refractivity contribution in [3.05, 3.63) is 41.6 Å². The Morgan fingerprint density at radius 1 is 1.36 bits per heavy atom. The summed E-state index contributed by atoms with van der Waals surface area (Å²) in [7, 11) is 1.89. The molecule has 0 radical (unpaired) electrons. The molecular weight excluding hydrogens is 359 g/mol. The van der Waals surface area contributed by atoms with E-state index in [9.17, 15) is 4.39 Å². The van der Waals surface area contributed by atoms with Gasteiger partial charge in [0, 0.05) is 43.0 Å². The molecular formula is C20H27FN6O. The van der Waals surface area contributed by atoms with E-state index in [0.717, 1.165) is 19.3 Å². The standard InChI is InChI=1S/C20H27FN6O/c1-4-12(22)10-27(3)18-9-16(25-11-26-18)19(24)13-7-17(14(21)8-15(13)23)28-20(2)5-6-20/h7-9,11-12,24H,4-6,10,22-23H2,1-3H3. The van der Waals surface area contributed by atoms with Crippen LogP contribution in [-0.2, 0) is 0 Å². The minimum Gasteiger partial charge on any atom is -0.484 e. The maximum atomic E-state index is 14.3. The second-order valence-electron chi connectivity index (χ2n) is 7.61. The number of nitrogens with zero attached hydrogens (tertiary/aromatic N) is 3. The highest BCUT2D eigenvalue weighted by atomic mass is 19.1. The molecule has 0 spiro atoms. The summed E-state index contributed by atoms with van der Waals surface area (Å²) in [6.07, 6.45) is 4.01. The van der Waals surface area contributed by atoms with Crippen LogP contribution in [0.4, 0.5) is 15.9 Å². The zero-order chi connectivity index (χ0) is 20.5. The van der Waals surface area contributed by atoms with E-state index >= 15 is 0 Å². The highest BCUT2D eigenvalue weighted by Crippen LogP contribution is 2.41. The molecule has 1 aromatic carbocycles. The number of nitrogens with one attached hydrogen (secondary N) is 1. The van der Waals surface area contributed by atoms with Crippen LogP contribution in [0.2, 0.25) is 0 Å². The molecule has 150 valence electrons. The van der Waals surface area contributed by atoms with Crippen molar-refractivity contribution in [3.63, 3.8) is 0 Å². The van der Waals surface area contributed by atoms with E-state index < -0.39 is 5.82 Å². The van der Waals surface area contributed by atoms with Crippen LogP contribution < -0.4 is 21.1 Å². The van der Waals surface area contributed by atoms with Crippen molar-refractivity contribution in [2.75, 3.05) is 24.2 Å². The van der Waals surface area contributed by atoms with Gasteiger partial charge in [0.05, 0.1) is 11.4 Å². The molecule has 7 nitrogen and oxygen atoms in total. The van der Waals surface area contributed by atoms with Gasteiger partial charge < -0.3 is 21.1 Å². The molecule has 1 fully saturated rings. The summed E-state index contributed by atoms with van der Waals surface area (Å²) in [5.74, 6) is 0.231. The first-order valence-corrected chi connectivity index (χ1v) is 9.38. The van der Waals surface area contributed by atoms with Crippen LogP contribution in [0.1, 0.15) is 44.4 Å². The molecule has 1 heterocycles. The van der Waals surface area contributed by atoms with Crippen molar-refractivity contribution in [2.24, 2.45) is 5.73 Å². The molecule has 1 saturated carbocycles. The smallest absolute Gasteiger partial charge is 0.167 e. The number of halogens is 1. The summed E-state index contributed by atoms with van der Waals surface area (Å²) in [5.41, 5.74) is 12.7. The molecule has 1 aliphatic carbocycles.